The van der Waals surface area contributed by atoms with Crippen LogP contribution in [0.3, 0.4) is 0 Å². The van der Waals surface area contributed by atoms with E-state index >= 15 is 0 Å². The summed E-state index contributed by atoms with van der Waals surface area (Å²) in [6.45, 7) is 5.98. The van der Waals surface area contributed by atoms with Crippen LogP contribution in [-0.4, -0.2) is 54.3 Å². The van der Waals surface area contributed by atoms with Crippen LogP contribution in [0.15, 0.2) is 30.7 Å². The van der Waals surface area contributed by atoms with Crippen LogP contribution in [0.2, 0.25) is 0 Å². The second-order valence-electron chi connectivity index (χ2n) is 5.03. The van der Waals surface area contributed by atoms with Crippen molar-refractivity contribution in [3.8, 4) is 0 Å². The van der Waals surface area contributed by atoms with Crippen molar-refractivity contribution in [3.05, 3.63) is 30.7 Å². The maximum Gasteiger partial charge on any atom is 0.116 e. The fourth-order valence-electron chi connectivity index (χ4n) is 2.44. The van der Waals surface area contributed by atoms with E-state index in [1.54, 1.807) is 6.33 Å². The molecule has 0 bridgehead atoms. The maximum atomic E-state index is 5.35. The van der Waals surface area contributed by atoms with Gasteiger partial charge in [-0.2, -0.15) is 0 Å². The molecule has 1 aliphatic heterocycles. The van der Waals surface area contributed by atoms with Gasteiger partial charge in [0.25, 0.3) is 0 Å². The number of anilines is 1. The Bertz CT molecular complexity index is 554. The van der Waals surface area contributed by atoms with Crippen LogP contribution in [0.1, 0.15) is 6.42 Å². The van der Waals surface area contributed by atoms with Gasteiger partial charge in [-0.15, -0.1) is 0 Å². The average Bonchev–Trinajstić information content (AvgIpc) is 2.52. The molecule has 1 N–H and O–H groups in total. The molecule has 1 fully saturated rings. The Hall–Kier alpha value is -1.72. The third-order valence-electron chi connectivity index (χ3n) is 3.59. The Morgan fingerprint density at radius 1 is 1.25 bits per heavy atom. The Balaban J connectivity index is 1.47. The Labute approximate surface area is 119 Å². The van der Waals surface area contributed by atoms with Crippen LogP contribution < -0.4 is 5.32 Å². The minimum absolute atomic E-state index is 0.873. The molecule has 3 rings (SSSR count). The van der Waals surface area contributed by atoms with Crippen molar-refractivity contribution >= 4 is 16.6 Å². The second kappa shape index (κ2) is 6.63. The van der Waals surface area contributed by atoms with Gasteiger partial charge in [-0.25, -0.2) is 9.97 Å². The Kier molecular flexibility index (Phi) is 4.40. The zero-order valence-corrected chi connectivity index (χ0v) is 11.6. The van der Waals surface area contributed by atoms with Crippen molar-refractivity contribution in [2.75, 3.05) is 44.7 Å². The van der Waals surface area contributed by atoms with Crippen molar-refractivity contribution < 1.29 is 4.74 Å². The first-order valence-electron chi connectivity index (χ1n) is 7.15. The van der Waals surface area contributed by atoms with Crippen molar-refractivity contribution in [2.24, 2.45) is 0 Å². The molecule has 1 aromatic heterocycles. The van der Waals surface area contributed by atoms with Crippen LogP contribution in [0.5, 0.6) is 0 Å². The van der Waals surface area contributed by atoms with Crippen LogP contribution in [0, 0.1) is 0 Å². The number of ether oxygens (including phenoxy) is 1. The number of fused-ring (bicyclic) bond motifs is 1. The van der Waals surface area contributed by atoms with E-state index in [9.17, 15) is 0 Å². The minimum atomic E-state index is 0.873. The van der Waals surface area contributed by atoms with Crippen LogP contribution >= 0.6 is 0 Å². The van der Waals surface area contributed by atoms with Gasteiger partial charge in [-0.1, -0.05) is 0 Å². The van der Waals surface area contributed by atoms with Crippen molar-refractivity contribution in [1.29, 1.82) is 0 Å². The van der Waals surface area contributed by atoms with Crippen LogP contribution in [0.4, 0.5) is 5.69 Å². The summed E-state index contributed by atoms with van der Waals surface area (Å²) in [4.78, 5) is 10.7. The first-order chi connectivity index (χ1) is 9.92. The van der Waals surface area contributed by atoms with E-state index in [0.29, 0.717) is 0 Å². The molecule has 0 unspecified atom stereocenters. The van der Waals surface area contributed by atoms with Gasteiger partial charge < -0.3 is 10.1 Å². The number of hydrogen-bond donors (Lipinski definition) is 1. The highest BCUT2D eigenvalue weighted by molar-refractivity contribution is 5.81. The van der Waals surface area contributed by atoms with E-state index in [1.807, 2.05) is 6.20 Å². The maximum absolute atomic E-state index is 5.35. The monoisotopic (exact) mass is 272 g/mol. The predicted molar refractivity (Wildman–Crippen MR) is 79.9 cm³/mol. The number of hydrogen-bond acceptors (Lipinski definition) is 5. The standard InChI is InChI=1S/C15H20N4O/c1(5-19-6-8-20-9-7-19)4-17-14-3-2-13-11-16-12-18-15(13)10-14/h2-3,10-12,17H,1,4-9H2. The predicted octanol–water partition coefficient (Wildman–Crippen LogP) is 1.76. The molecule has 1 saturated heterocycles. The molecular formula is C15H20N4O. The quantitative estimate of drug-likeness (QED) is 0.841. The molecule has 0 atom stereocenters. The highest BCUT2D eigenvalue weighted by atomic mass is 16.5. The summed E-state index contributed by atoms with van der Waals surface area (Å²) < 4.78 is 5.35. The molecule has 2 heterocycles. The fraction of sp³-hybridized carbons (Fsp3) is 0.467. The summed E-state index contributed by atoms with van der Waals surface area (Å²) >= 11 is 0. The van der Waals surface area contributed by atoms with Gasteiger partial charge in [0.1, 0.15) is 6.33 Å². The van der Waals surface area contributed by atoms with Gasteiger partial charge in [0.05, 0.1) is 18.7 Å². The van der Waals surface area contributed by atoms with E-state index in [-0.39, 0.29) is 0 Å². The van der Waals surface area contributed by atoms with Gasteiger partial charge >= 0.3 is 0 Å². The molecule has 0 amide bonds. The lowest BCUT2D eigenvalue weighted by atomic mass is 10.2. The van der Waals surface area contributed by atoms with E-state index < -0.39 is 0 Å². The molecule has 20 heavy (non-hydrogen) atoms. The molecule has 1 aliphatic rings. The van der Waals surface area contributed by atoms with Crippen molar-refractivity contribution in [3.63, 3.8) is 0 Å². The summed E-state index contributed by atoms with van der Waals surface area (Å²) in [6, 6.07) is 6.21. The summed E-state index contributed by atoms with van der Waals surface area (Å²) in [5.74, 6) is 0. The van der Waals surface area contributed by atoms with E-state index in [1.165, 1.54) is 0 Å². The zero-order valence-electron chi connectivity index (χ0n) is 11.6. The lowest BCUT2D eigenvalue weighted by Crippen LogP contribution is -2.37. The number of nitrogens with one attached hydrogen (secondary N) is 1. The molecule has 5 heteroatoms. The minimum Gasteiger partial charge on any atom is -0.385 e. The van der Waals surface area contributed by atoms with Gasteiger partial charge in [0.15, 0.2) is 0 Å². The third kappa shape index (κ3) is 3.43. The smallest absolute Gasteiger partial charge is 0.116 e. The topological polar surface area (TPSA) is 50.3 Å². The van der Waals surface area contributed by atoms with E-state index in [4.69, 9.17) is 4.74 Å². The zero-order chi connectivity index (χ0) is 13.6. The lowest BCUT2D eigenvalue weighted by molar-refractivity contribution is 0.0378. The van der Waals surface area contributed by atoms with Crippen LogP contribution in [0.25, 0.3) is 10.9 Å². The van der Waals surface area contributed by atoms with Crippen LogP contribution in [-0.2, 0) is 4.74 Å². The summed E-state index contributed by atoms with van der Waals surface area (Å²) in [6.07, 6.45) is 4.57. The normalized spacial score (nSPS) is 16.4. The lowest BCUT2D eigenvalue weighted by Gasteiger charge is -2.26. The second-order valence-corrected chi connectivity index (χ2v) is 5.03. The Morgan fingerprint density at radius 2 is 2.15 bits per heavy atom. The molecule has 0 radical (unpaired) electrons. The largest absolute Gasteiger partial charge is 0.385 e. The number of aromatic nitrogens is 2. The summed E-state index contributed by atoms with van der Waals surface area (Å²) in [5, 5.41) is 4.53. The third-order valence-corrected chi connectivity index (χ3v) is 3.59. The first-order valence-corrected chi connectivity index (χ1v) is 7.15. The summed E-state index contributed by atoms with van der Waals surface area (Å²) in [5.41, 5.74) is 2.11. The SMILES string of the molecule is c1ncc2ccc(NCCCN3CCOCC3)cc2n1. The molecule has 0 spiro atoms. The van der Waals surface area contributed by atoms with Gasteiger partial charge in [-0.05, 0) is 31.2 Å². The molecule has 1 aromatic carbocycles. The van der Waals surface area contributed by atoms with Gasteiger partial charge in [0.2, 0.25) is 0 Å². The molecular weight excluding hydrogens is 252 g/mol. The fourth-order valence-corrected chi connectivity index (χ4v) is 2.44. The molecule has 0 saturated carbocycles. The molecule has 0 aliphatic carbocycles. The highest BCUT2D eigenvalue weighted by Gasteiger charge is 2.08. The molecule has 5 nitrogen and oxygen atoms in total. The van der Waals surface area contributed by atoms with Gasteiger partial charge in [-0.3, -0.25) is 4.90 Å². The van der Waals surface area contributed by atoms with Crippen molar-refractivity contribution in [1.82, 2.24) is 14.9 Å². The summed E-state index contributed by atoms with van der Waals surface area (Å²) in [7, 11) is 0. The van der Waals surface area contributed by atoms with E-state index in [0.717, 1.165) is 62.4 Å². The number of nitrogens with zero attached hydrogens (tertiary/aromatic N) is 3. The first kappa shape index (κ1) is 13.3. The molecule has 106 valence electrons. The number of rotatable bonds is 5. The Morgan fingerprint density at radius 3 is 3.05 bits per heavy atom. The molecule has 2 aromatic rings. The van der Waals surface area contributed by atoms with Crippen molar-refractivity contribution in [2.45, 2.75) is 6.42 Å². The average molecular weight is 272 g/mol. The highest BCUT2D eigenvalue weighted by Crippen LogP contribution is 2.15. The van der Waals surface area contributed by atoms with Gasteiger partial charge in [0, 0.05) is 36.9 Å². The number of morpholine rings is 1. The number of benzene rings is 1. The van der Waals surface area contributed by atoms with E-state index in [2.05, 4.69) is 38.4 Å².